The molecule has 3 aliphatic rings. The molecule has 0 bridgehead atoms. The van der Waals surface area contributed by atoms with Gasteiger partial charge in [0.25, 0.3) is 5.91 Å². The van der Waals surface area contributed by atoms with Gasteiger partial charge in [0.1, 0.15) is 6.04 Å². The van der Waals surface area contributed by atoms with Crippen molar-refractivity contribution in [2.75, 3.05) is 30.8 Å². The number of halogens is 1. The van der Waals surface area contributed by atoms with E-state index in [0.717, 1.165) is 25.9 Å². The van der Waals surface area contributed by atoms with Gasteiger partial charge >= 0.3 is 6.03 Å². The van der Waals surface area contributed by atoms with E-state index in [9.17, 15) is 9.59 Å². The maximum atomic E-state index is 13.0. The predicted molar refractivity (Wildman–Crippen MR) is 91.9 cm³/mol. The molecule has 0 saturated carbocycles. The molecular weight excluding hydrogens is 334 g/mol. The number of imide groups is 1. The highest BCUT2D eigenvalue weighted by atomic mass is 35.5. The summed E-state index contributed by atoms with van der Waals surface area (Å²) in [5.41, 5.74) is 0.604. The summed E-state index contributed by atoms with van der Waals surface area (Å²) in [6.07, 6.45) is 1.83. The van der Waals surface area contributed by atoms with Crippen LogP contribution in [0.5, 0.6) is 0 Å². The van der Waals surface area contributed by atoms with E-state index >= 15 is 0 Å². The molecule has 7 heteroatoms. The molecule has 5 nitrogen and oxygen atoms in total. The summed E-state index contributed by atoms with van der Waals surface area (Å²) in [6, 6.07) is 6.37. The van der Waals surface area contributed by atoms with Crippen LogP contribution in [0.4, 0.5) is 10.5 Å². The van der Waals surface area contributed by atoms with Crippen molar-refractivity contribution in [2.45, 2.75) is 23.8 Å². The Labute approximate surface area is 144 Å². The number of fused-ring (bicyclic) bond motifs is 2. The van der Waals surface area contributed by atoms with Crippen molar-refractivity contribution in [3.8, 4) is 0 Å². The Hall–Kier alpha value is -1.24. The van der Waals surface area contributed by atoms with Gasteiger partial charge in [-0.2, -0.15) is 0 Å². The van der Waals surface area contributed by atoms with Crippen molar-refractivity contribution >= 4 is 41.0 Å². The lowest BCUT2D eigenvalue weighted by Crippen LogP contribution is -2.52. The summed E-state index contributed by atoms with van der Waals surface area (Å²) in [6.45, 7) is 1.91. The van der Waals surface area contributed by atoms with Crippen molar-refractivity contribution in [2.24, 2.45) is 0 Å². The van der Waals surface area contributed by atoms with E-state index in [1.54, 1.807) is 36.0 Å². The Balaban J connectivity index is 1.66. The Morgan fingerprint density at radius 1 is 1.17 bits per heavy atom. The van der Waals surface area contributed by atoms with Gasteiger partial charge in [-0.3, -0.25) is 9.69 Å². The van der Waals surface area contributed by atoms with Crippen molar-refractivity contribution in [3.63, 3.8) is 0 Å². The molecule has 0 N–H and O–H groups in total. The third kappa shape index (κ3) is 2.27. The number of anilines is 1. The number of likely N-dealkylation sites (tertiary alicyclic amines) is 1. The number of nitrogens with zero attached hydrogens (tertiary/aromatic N) is 3. The largest absolute Gasteiger partial charge is 0.333 e. The molecule has 3 fully saturated rings. The molecule has 1 spiro atoms. The normalized spacial score (nSPS) is 27.1. The molecule has 0 aliphatic carbocycles. The van der Waals surface area contributed by atoms with Gasteiger partial charge in [-0.25, -0.2) is 9.69 Å². The van der Waals surface area contributed by atoms with Gasteiger partial charge in [0.15, 0.2) is 0 Å². The smallest absolute Gasteiger partial charge is 0.306 e. The van der Waals surface area contributed by atoms with E-state index in [-0.39, 0.29) is 22.9 Å². The molecule has 3 saturated heterocycles. The Morgan fingerprint density at radius 2 is 1.83 bits per heavy atom. The average Bonchev–Trinajstić information content (AvgIpc) is 3.03. The molecule has 0 aromatic heterocycles. The first kappa shape index (κ1) is 15.3. The quantitative estimate of drug-likeness (QED) is 0.730. The molecule has 3 amide bonds. The van der Waals surface area contributed by atoms with Gasteiger partial charge in [0.2, 0.25) is 0 Å². The van der Waals surface area contributed by atoms with Crippen LogP contribution in [0.3, 0.4) is 0 Å². The Morgan fingerprint density at radius 3 is 2.48 bits per heavy atom. The highest BCUT2D eigenvalue weighted by Crippen LogP contribution is 2.50. The van der Waals surface area contributed by atoms with E-state index in [0.29, 0.717) is 16.5 Å². The van der Waals surface area contributed by atoms with Crippen molar-refractivity contribution in [1.29, 1.82) is 0 Å². The standard InChI is InChI=1S/C16H18ClN3O2S/c1-18-8-6-16(7-9-18)20-13(10-23-16)14(21)19(15(20)22)12-4-2-11(17)3-5-12/h2-5,13H,6-10H2,1H3/t13-/m1/s1. The zero-order chi connectivity index (χ0) is 16.2. The Kier molecular flexibility index (Phi) is 3.59. The third-order valence-corrected chi connectivity index (χ3v) is 6.89. The fraction of sp³-hybridized carbons (Fsp3) is 0.500. The van der Waals surface area contributed by atoms with Crippen molar-refractivity contribution < 1.29 is 9.59 Å². The minimum absolute atomic E-state index is 0.111. The van der Waals surface area contributed by atoms with E-state index in [2.05, 4.69) is 11.9 Å². The number of piperidine rings is 1. The lowest BCUT2D eigenvalue weighted by Gasteiger charge is -2.42. The molecule has 1 aromatic carbocycles. The first-order chi connectivity index (χ1) is 11.0. The van der Waals surface area contributed by atoms with Crippen LogP contribution in [-0.4, -0.2) is 58.5 Å². The second-order valence-electron chi connectivity index (χ2n) is 6.38. The summed E-state index contributed by atoms with van der Waals surface area (Å²) in [5, 5.41) is 0.593. The number of rotatable bonds is 1. The number of hydrogen-bond donors (Lipinski definition) is 0. The lowest BCUT2D eigenvalue weighted by molar-refractivity contribution is -0.119. The molecule has 122 valence electrons. The maximum absolute atomic E-state index is 13.0. The van der Waals surface area contributed by atoms with Crippen molar-refractivity contribution in [1.82, 2.24) is 9.80 Å². The van der Waals surface area contributed by atoms with Crippen LogP contribution in [0.25, 0.3) is 0 Å². The second-order valence-corrected chi connectivity index (χ2v) is 8.20. The van der Waals surface area contributed by atoms with Crippen LogP contribution < -0.4 is 4.90 Å². The third-order valence-electron chi connectivity index (χ3n) is 5.02. The van der Waals surface area contributed by atoms with Gasteiger partial charge < -0.3 is 4.90 Å². The summed E-state index contributed by atoms with van der Waals surface area (Å²) in [7, 11) is 2.10. The number of carbonyl (C=O) groups excluding carboxylic acids is 2. The number of carbonyl (C=O) groups is 2. The minimum Gasteiger partial charge on any atom is -0.306 e. The Bertz CT molecular complexity index is 658. The van der Waals surface area contributed by atoms with Crippen LogP contribution in [0.2, 0.25) is 5.02 Å². The highest BCUT2D eigenvalue weighted by Gasteiger charge is 2.59. The summed E-state index contributed by atoms with van der Waals surface area (Å²) >= 11 is 7.69. The van der Waals surface area contributed by atoms with Crippen LogP contribution in [-0.2, 0) is 4.79 Å². The summed E-state index contributed by atoms with van der Waals surface area (Å²) < 4.78 is 0. The van der Waals surface area contributed by atoms with Gasteiger partial charge in [-0.1, -0.05) is 11.6 Å². The number of urea groups is 1. The molecule has 4 rings (SSSR count). The summed E-state index contributed by atoms with van der Waals surface area (Å²) in [5.74, 6) is 0.582. The van der Waals surface area contributed by atoms with E-state index < -0.39 is 0 Å². The van der Waals surface area contributed by atoms with Crippen LogP contribution in [0.1, 0.15) is 12.8 Å². The fourth-order valence-corrected chi connectivity index (χ4v) is 5.38. The topological polar surface area (TPSA) is 43.9 Å². The van der Waals surface area contributed by atoms with Gasteiger partial charge in [0.05, 0.1) is 10.6 Å². The molecule has 0 radical (unpaired) electrons. The van der Waals surface area contributed by atoms with E-state index in [1.807, 2.05) is 4.90 Å². The SMILES string of the molecule is CN1CCC2(CC1)SC[C@@H]1C(=O)N(c3ccc(Cl)cc3)C(=O)N12. The zero-order valence-corrected chi connectivity index (χ0v) is 14.4. The molecule has 3 heterocycles. The van der Waals surface area contributed by atoms with E-state index in [1.165, 1.54) is 4.90 Å². The number of amides is 3. The second kappa shape index (κ2) is 5.40. The predicted octanol–water partition coefficient (Wildman–Crippen LogP) is 2.65. The van der Waals surface area contributed by atoms with Gasteiger partial charge in [-0.15, -0.1) is 11.8 Å². The number of benzene rings is 1. The molecule has 3 aliphatic heterocycles. The van der Waals surface area contributed by atoms with Crippen LogP contribution >= 0.6 is 23.4 Å². The molecule has 1 atom stereocenters. The lowest BCUT2D eigenvalue weighted by atomic mass is 10.0. The monoisotopic (exact) mass is 351 g/mol. The van der Waals surface area contributed by atoms with Crippen molar-refractivity contribution in [3.05, 3.63) is 29.3 Å². The first-order valence-corrected chi connectivity index (χ1v) is 9.13. The van der Waals surface area contributed by atoms with Crippen LogP contribution in [0.15, 0.2) is 24.3 Å². The molecular formula is C16H18ClN3O2S. The average molecular weight is 352 g/mol. The minimum atomic E-state index is -0.327. The van der Waals surface area contributed by atoms with Gasteiger partial charge in [0, 0.05) is 23.9 Å². The molecule has 1 aromatic rings. The zero-order valence-electron chi connectivity index (χ0n) is 12.9. The van der Waals surface area contributed by atoms with Crippen LogP contribution in [0, 0.1) is 0 Å². The van der Waals surface area contributed by atoms with E-state index in [4.69, 9.17) is 11.6 Å². The number of hydrogen-bond acceptors (Lipinski definition) is 4. The summed E-state index contributed by atoms with van der Waals surface area (Å²) in [4.78, 5) is 31.0. The molecule has 0 unspecified atom stereocenters. The maximum Gasteiger partial charge on any atom is 0.333 e. The first-order valence-electron chi connectivity index (χ1n) is 7.77. The molecule has 23 heavy (non-hydrogen) atoms. The number of thioether (sulfide) groups is 1. The van der Waals surface area contributed by atoms with Gasteiger partial charge in [-0.05, 0) is 44.2 Å². The fourth-order valence-electron chi connectivity index (χ4n) is 3.68. The highest BCUT2D eigenvalue weighted by molar-refractivity contribution is 8.01.